The van der Waals surface area contributed by atoms with E-state index in [2.05, 4.69) is 5.10 Å². The molecule has 0 saturated carbocycles. The molecule has 2 aromatic rings. The van der Waals surface area contributed by atoms with E-state index in [1.165, 1.54) is 0 Å². The van der Waals surface area contributed by atoms with Crippen LogP contribution in [0.15, 0.2) is 42.7 Å². The molecule has 4 heteroatoms. The Morgan fingerprint density at radius 2 is 2.25 bits per heavy atom. The number of amides is 1. The molecule has 1 saturated heterocycles. The number of carbonyl (C=O) groups is 1. The minimum Gasteiger partial charge on any atom is -0.337 e. The van der Waals surface area contributed by atoms with E-state index >= 15 is 0 Å². The summed E-state index contributed by atoms with van der Waals surface area (Å²) in [7, 11) is 0. The molecule has 3 rings (SSSR count). The van der Waals surface area contributed by atoms with Crippen LogP contribution in [0.5, 0.6) is 0 Å². The van der Waals surface area contributed by atoms with Crippen molar-refractivity contribution in [2.45, 2.75) is 25.8 Å². The number of benzene rings is 1. The molecule has 0 aliphatic carbocycles. The number of hydrogen-bond acceptors (Lipinski definition) is 2. The van der Waals surface area contributed by atoms with Crippen LogP contribution >= 0.6 is 0 Å². The Hall–Kier alpha value is -2.10. The van der Waals surface area contributed by atoms with Crippen molar-refractivity contribution in [1.82, 2.24) is 14.7 Å². The highest BCUT2D eigenvalue weighted by Gasteiger charge is 2.25. The quantitative estimate of drug-likeness (QED) is 0.840. The summed E-state index contributed by atoms with van der Waals surface area (Å²) in [5.41, 5.74) is 1.91. The highest BCUT2D eigenvalue weighted by Crippen LogP contribution is 2.22. The number of likely N-dealkylation sites (tertiary alicyclic amines) is 1. The largest absolute Gasteiger partial charge is 0.337 e. The van der Waals surface area contributed by atoms with E-state index in [-0.39, 0.29) is 5.91 Å². The Morgan fingerprint density at radius 1 is 1.35 bits per heavy atom. The van der Waals surface area contributed by atoms with Gasteiger partial charge in [0.25, 0.3) is 5.91 Å². The first-order chi connectivity index (χ1) is 9.74. The first kappa shape index (κ1) is 12.9. The van der Waals surface area contributed by atoms with Crippen molar-refractivity contribution in [3.63, 3.8) is 0 Å². The van der Waals surface area contributed by atoms with Crippen LogP contribution < -0.4 is 0 Å². The van der Waals surface area contributed by atoms with Gasteiger partial charge in [0.1, 0.15) is 0 Å². The smallest absolute Gasteiger partial charge is 0.253 e. The average Bonchev–Trinajstić information content (AvgIpc) is 3.01. The van der Waals surface area contributed by atoms with Gasteiger partial charge in [0, 0.05) is 31.0 Å². The molecule has 2 heterocycles. The third-order valence-corrected chi connectivity index (χ3v) is 3.85. The zero-order chi connectivity index (χ0) is 13.9. The van der Waals surface area contributed by atoms with Crippen molar-refractivity contribution in [2.75, 3.05) is 13.1 Å². The summed E-state index contributed by atoms with van der Waals surface area (Å²) in [5.74, 6) is 0.130. The maximum absolute atomic E-state index is 12.6. The van der Waals surface area contributed by atoms with Crippen LogP contribution in [0.1, 0.15) is 34.8 Å². The van der Waals surface area contributed by atoms with Crippen molar-refractivity contribution in [3.05, 3.63) is 53.9 Å². The Bertz CT molecular complexity index is 592. The minimum atomic E-state index is 0.130. The Morgan fingerprint density at radius 3 is 3.00 bits per heavy atom. The van der Waals surface area contributed by atoms with Gasteiger partial charge in [-0.2, -0.15) is 5.10 Å². The molecular weight excluding hydrogens is 250 g/mol. The zero-order valence-electron chi connectivity index (χ0n) is 11.7. The Balaban J connectivity index is 1.75. The maximum atomic E-state index is 12.6. The normalized spacial score (nSPS) is 19.1. The van der Waals surface area contributed by atoms with Crippen LogP contribution in [0.2, 0.25) is 0 Å². The van der Waals surface area contributed by atoms with Gasteiger partial charge in [-0.1, -0.05) is 17.7 Å². The molecule has 1 amide bonds. The van der Waals surface area contributed by atoms with Crippen molar-refractivity contribution in [1.29, 1.82) is 0 Å². The molecule has 0 radical (unpaired) electrons. The number of rotatable bonds is 2. The molecule has 0 bridgehead atoms. The molecule has 20 heavy (non-hydrogen) atoms. The lowest BCUT2D eigenvalue weighted by Gasteiger charge is -2.33. The molecule has 104 valence electrons. The van der Waals surface area contributed by atoms with E-state index in [4.69, 9.17) is 0 Å². The molecule has 1 aliphatic rings. The molecular formula is C16H19N3O. The summed E-state index contributed by atoms with van der Waals surface area (Å²) in [6, 6.07) is 10.0. The highest BCUT2D eigenvalue weighted by atomic mass is 16.2. The summed E-state index contributed by atoms with van der Waals surface area (Å²) in [4.78, 5) is 14.5. The van der Waals surface area contributed by atoms with Gasteiger partial charge in [-0.15, -0.1) is 0 Å². The zero-order valence-corrected chi connectivity index (χ0v) is 11.7. The lowest BCUT2D eigenvalue weighted by molar-refractivity contribution is 0.0673. The summed E-state index contributed by atoms with van der Waals surface area (Å²) < 4.78 is 1.97. The number of carbonyl (C=O) groups excluding carboxylic acids is 1. The maximum Gasteiger partial charge on any atom is 0.253 e. The number of hydrogen-bond donors (Lipinski definition) is 0. The van der Waals surface area contributed by atoms with Crippen molar-refractivity contribution < 1.29 is 4.79 Å². The molecule has 1 fully saturated rings. The fraction of sp³-hybridized carbons (Fsp3) is 0.375. The first-order valence-corrected chi connectivity index (χ1v) is 7.09. The summed E-state index contributed by atoms with van der Waals surface area (Å²) >= 11 is 0. The molecule has 4 nitrogen and oxygen atoms in total. The molecule has 1 aromatic carbocycles. The summed E-state index contributed by atoms with van der Waals surface area (Å²) in [6.45, 7) is 3.60. The van der Waals surface area contributed by atoms with Crippen LogP contribution in [0, 0.1) is 6.92 Å². The van der Waals surface area contributed by atoms with Crippen molar-refractivity contribution >= 4 is 5.91 Å². The SMILES string of the molecule is Cc1cccc(C(=O)N2CCCC(n3cccn3)C2)c1. The molecule has 1 aromatic heterocycles. The van der Waals surface area contributed by atoms with Crippen LogP contribution in [0.25, 0.3) is 0 Å². The second kappa shape index (κ2) is 5.49. The summed E-state index contributed by atoms with van der Waals surface area (Å²) in [5, 5.41) is 4.30. The Labute approximate surface area is 119 Å². The van der Waals surface area contributed by atoms with Gasteiger partial charge in [0.2, 0.25) is 0 Å². The fourth-order valence-electron chi connectivity index (χ4n) is 2.81. The topological polar surface area (TPSA) is 38.1 Å². The van der Waals surface area contributed by atoms with Gasteiger partial charge >= 0.3 is 0 Å². The van der Waals surface area contributed by atoms with Gasteiger partial charge in [0.05, 0.1) is 6.04 Å². The number of aromatic nitrogens is 2. The third kappa shape index (κ3) is 2.59. The monoisotopic (exact) mass is 269 g/mol. The van der Waals surface area contributed by atoms with E-state index in [0.717, 1.165) is 37.1 Å². The first-order valence-electron chi connectivity index (χ1n) is 7.09. The van der Waals surface area contributed by atoms with E-state index in [1.807, 2.05) is 53.0 Å². The van der Waals surface area contributed by atoms with Gasteiger partial charge in [-0.05, 0) is 38.0 Å². The second-order valence-electron chi connectivity index (χ2n) is 5.40. The fourth-order valence-corrected chi connectivity index (χ4v) is 2.81. The van der Waals surface area contributed by atoms with E-state index < -0.39 is 0 Å². The highest BCUT2D eigenvalue weighted by molar-refractivity contribution is 5.94. The standard InChI is InChI=1S/C16H19N3O/c1-13-5-2-6-14(11-13)16(20)18-9-3-7-15(12-18)19-10-4-8-17-19/h2,4-6,8,10-11,15H,3,7,9,12H2,1H3. The molecule has 0 spiro atoms. The van der Waals surface area contributed by atoms with Crippen LogP contribution in [0.4, 0.5) is 0 Å². The molecule has 1 aliphatic heterocycles. The lowest BCUT2D eigenvalue weighted by atomic mass is 10.0. The lowest BCUT2D eigenvalue weighted by Crippen LogP contribution is -2.40. The van der Waals surface area contributed by atoms with E-state index in [9.17, 15) is 4.79 Å². The van der Waals surface area contributed by atoms with Gasteiger partial charge in [-0.3, -0.25) is 9.48 Å². The number of nitrogens with zero attached hydrogens (tertiary/aromatic N) is 3. The number of aryl methyl sites for hydroxylation is 1. The predicted molar refractivity (Wildman–Crippen MR) is 77.6 cm³/mol. The van der Waals surface area contributed by atoms with Crippen molar-refractivity contribution in [2.24, 2.45) is 0 Å². The van der Waals surface area contributed by atoms with Gasteiger partial charge < -0.3 is 4.90 Å². The van der Waals surface area contributed by atoms with E-state index in [0.29, 0.717) is 6.04 Å². The summed E-state index contributed by atoms with van der Waals surface area (Å²) in [6.07, 6.45) is 5.88. The van der Waals surface area contributed by atoms with E-state index in [1.54, 1.807) is 6.20 Å². The van der Waals surface area contributed by atoms with Gasteiger partial charge in [-0.25, -0.2) is 0 Å². The van der Waals surface area contributed by atoms with Crippen LogP contribution in [-0.4, -0.2) is 33.7 Å². The van der Waals surface area contributed by atoms with Gasteiger partial charge in [0.15, 0.2) is 0 Å². The second-order valence-corrected chi connectivity index (χ2v) is 5.40. The average molecular weight is 269 g/mol. The predicted octanol–water partition coefficient (Wildman–Crippen LogP) is 2.67. The van der Waals surface area contributed by atoms with Crippen molar-refractivity contribution in [3.8, 4) is 0 Å². The van der Waals surface area contributed by atoms with Crippen LogP contribution in [0.3, 0.4) is 0 Å². The number of piperidine rings is 1. The minimum absolute atomic E-state index is 0.130. The third-order valence-electron chi connectivity index (χ3n) is 3.85. The molecule has 0 N–H and O–H groups in total. The molecule has 1 unspecified atom stereocenters. The van der Waals surface area contributed by atoms with Crippen LogP contribution in [-0.2, 0) is 0 Å². The molecule has 1 atom stereocenters. The Kier molecular flexibility index (Phi) is 3.54.